The summed E-state index contributed by atoms with van der Waals surface area (Å²) in [6, 6.07) is 7.54. The second-order valence-corrected chi connectivity index (χ2v) is 8.39. The monoisotopic (exact) mass is 389 g/mol. The molecule has 0 aliphatic carbocycles. The Kier molecular flexibility index (Phi) is 6.26. The Hall–Kier alpha value is -2.41. The lowest BCUT2D eigenvalue weighted by Crippen LogP contribution is -2.44. The van der Waals surface area contributed by atoms with Gasteiger partial charge in [0, 0.05) is 31.2 Å². The number of carboxylic acid groups (broad SMARTS) is 1. The number of nitrogens with zero attached hydrogens (tertiary/aromatic N) is 3. The molecule has 0 fully saturated rings. The summed E-state index contributed by atoms with van der Waals surface area (Å²) in [5.41, 5.74) is 2.14. The van der Waals surface area contributed by atoms with E-state index in [1.54, 1.807) is 6.92 Å². The second kappa shape index (κ2) is 8.08. The van der Waals surface area contributed by atoms with Crippen LogP contribution in [0.25, 0.3) is 0 Å². The van der Waals surface area contributed by atoms with Crippen LogP contribution < -0.4 is 4.80 Å². The van der Waals surface area contributed by atoms with Crippen LogP contribution in [0.1, 0.15) is 55.5 Å². The van der Waals surface area contributed by atoms with Gasteiger partial charge in [0.05, 0.1) is 10.6 Å². The molecule has 0 atom stereocenters. The molecule has 0 saturated heterocycles. The van der Waals surface area contributed by atoms with Crippen molar-refractivity contribution in [2.75, 3.05) is 0 Å². The van der Waals surface area contributed by atoms with Crippen LogP contribution in [0.4, 0.5) is 10.5 Å². The smallest absolute Gasteiger partial charge is 0.408 e. The second-order valence-electron chi connectivity index (χ2n) is 7.42. The van der Waals surface area contributed by atoms with E-state index in [-0.39, 0.29) is 5.78 Å². The third-order valence-corrected chi connectivity index (χ3v) is 5.62. The van der Waals surface area contributed by atoms with Crippen LogP contribution in [0.2, 0.25) is 0 Å². The summed E-state index contributed by atoms with van der Waals surface area (Å²) in [7, 11) is 0. The summed E-state index contributed by atoms with van der Waals surface area (Å²) >= 11 is 1.40. The minimum Gasteiger partial charge on any atom is -0.465 e. The Balaban J connectivity index is 2.33. The summed E-state index contributed by atoms with van der Waals surface area (Å²) in [5, 5.41) is 9.43. The zero-order chi connectivity index (χ0) is 20.4. The maximum absolute atomic E-state index is 11.8. The molecule has 0 aliphatic heterocycles. The lowest BCUT2D eigenvalue weighted by atomic mass is 10.1. The van der Waals surface area contributed by atoms with Crippen LogP contribution >= 0.6 is 11.3 Å². The quantitative estimate of drug-likeness (QED) is 0.760. The zero-order valence-corrected chi connectivity index (χ0v) is 17.6. The molecule has 0 bridgehead atoms. The van der Waals surface area contributed by atoms with Gasteiger partial charge in [-0.05, 0) is 52.3 Å². The van der Waals surface area contributed by atoms with E-state index in [9.17, 15) is 14.7 Å². The number of thiazole rings is 1. The molecule has 146 valence electrons. The first-order valence-electron chi connectivity index (χ1n) is 8.90. The van der Waals surface area contributed by atoms with E-state index >= 15 is 0 Å². The SMILES string of the molecule is CCn1c(C)c(C(C)=O)s/c1=N/c1ccc(CN(C(=O)O)C(C)(C)C)cc1. The van der Waals surface area contributed by atoms with Crippen molar-refractivity contribution in [2.45, 2.75) is 60.2 Å². The van der Waals surface area contributed by atoms with Gasteiger partial charge < -0.3 is 9.67 Å². The molecule has 1 aromatic heterocycles. The molecule has 0 saturated carbocycles. The van der Waals surface area contributed by atoms with E-state index < -0.39 is 11.6 Å². The van der Waals surface area contributed by atoms with Crippen molar-refractivity contribution in [1.82, 2.24) is 9.47 Å². The van der Waals surface area contributed by atoms with E-state index in [4.69, 9.17) is 0 Å². The van der Waals surface area contributed by atoms with Crippen molar-refractivity contribution in [3.05, 3.63) is 45.2 Å². The molecule has 0 radical (unpaired) electrons. The normalized spacial score (nSPS) is 12.3. The Labute approximate surface area is 163 Å². The van der Waals surface area contributed by atoms with Gasteiger partial charge in [-0.15, -0.1) is 0 Å². The number of amides is 1. The van der Waals surface area contributed by atoms with Crippen LogP contribution in [0.15, 0.2) is 29.3 Å². The van der Waals surface area contributed by atoms with Gasteiger partial charge >= 0.3 is 6.09 Å². The van der Waals surface area contributed by atoms with E-state index in [1.165, 1.54) is 16.2 Å². The number of carbonyl (C=O) groups excluding carboxylic acids is 1. The average Bonchev–Trinajstić information content (AvgIpc) is 2.88. The molecule has 0 unspecified atom stereocenters. The Bertz CT molecular complexity index is 902. The molecule has 27 heavy (non-hydrogen) atoms. The van der Waals surface area contributed by atoms with Crippen LogP contribution in [-0.4, -0.2) is 32.0 Å². The standard InChI is InChI=1S/C20H27N3O3S/c1-7-22-13(2)17(14(3)24)27-18(22)21-16-10-8-15(9-11-16)12-23(19(25)26)20(4,5)6/h8-11H,7,12H2,1-6H3,(H,25,26)/b21-18+. The number of aromatic nitrogens is 1. The highest BCUT2D eigenvalue weighted by Gasteiger charge is 2.25. The van der Waals surface area contributed by atoms with E-state index in [1.807, 2.05) is 63.5 Å². The van der Waals surface area contributed by atoms with Crippen LogP contribution in [0.5, 0.6) is 0 Å². The molecule has 2 rings (SSSR count). The lowest BCUT2D eigenvalue weighted by molar-refractivity contribution is 0.0954. The number of ketones is 1. The maximum Gasteiger partial charge on any atom is 0.408 e. The topological polar surface area (TPSA) is 74.9 Å². The number of rotatable bonds is 5. The third kappa shape index (κ3) is 4.86. The van der Waals surface area contributed by atoms with E-state index in [0.717, 1.165) is 33.2 Å². The Morgan fingerprint density at radius 2 is 1.81 bits per heavy atom. The molecule has 0 spiro atoms. The fourth-order valence-electron chi connectivity index (χ4n) is 2.83. The van der Waals surface area contributed by atoms with Gasteiger partial charge in [-0.25, -0.2) is 9.79 Å². The average molecular weight is 390 g/mol. The first-order chi connectivity index (χ1) is 12.5. The minimum atomic E-state index is -0.939. The third-order valence-electron chi connectivity index (χ3n) is 4.34. The molecular formula is C20H27N3O3S. The number of hydrogen-bond acceptors (Lipinski definition) is 4. The molecule has 6 nitrogen and oxygen atoms in total. The van der Waals surface area contributed by atoms with E-state index in [0.29, 0.717) is 6.54 Å². The van der Waals surface area contributed by atoms with Crippen LogP contribution in [0, 0.1) is 6.92 Å². The van der Waals surface area contributed by atoms with Gasteiger partial charge in [0.1, 0.15) is 0 Å². The van der Waals surface area contributed by atoms with Gasteiger partial charge in [0.2, 0.25) is 0 Å². The number of hydrogen-bond donors (Lipinski definition) is 1. The molecule has 1 amide bonds. The maximum atomic E-state index is 11.8. The largest absolute Gasteiger partial charge is 0.465 e. The van der Waals surface area contributed by atoms with Gasteiger partial charge in [-0.3, -0.25) is 9.69 Å². The molecule has 1 N–H and O–H groups in total. The van der Waals surface area contributed by atoms with Crippen molar-refractivity contribution in [3.63, 3.8) is 0 Å². The molecule has 0 aliphatic rings. The zero-order valence-electron chi connectivity index (χ0n) is 16.7. The lowest BCUT2D eigenvalue weighted by Gasteiger charge is -2.33. The number of carbonyl (C=O) groups is 2. The van der Waals surface area contributed by atoms with E-state index in [2.05, 4.69) is 4.99 Å². The van der Waals surface area contributed by atoms with Gasteiger partial charge in [0.15, 0.2) is 10.6 Å². The summed E-state index contributed by atoms with van der Waals surface area (Å²) in [5.74, 6) is 0.0486. The summed E-state index contributed by atoms with van der Waals surface area (Å²) < 4.78 is 2.03. The van der Waals surface area contributed by atoms with Crippen LogP contribution in [0.3, 0.4) is 0 Å². The minimum absolute atomic E-state index is 0.0486. The van der Waals surface area contributed by atoms with Gasteiger partial charge in [-0.2, -0.15) is 0 Å². The molecule has 7 heteroatoms. The number of benzene rings is 1. The van der Waals surface area contributed by atoms with Crippen molar-refractivity contribution in [1.29, 1.82) is 0 Å². The molecule has 1 heterocycles. The fraction of sp³-hybridized carbons (Fsp3) is 0.450. The summed E-state index contributed by atoms with van der Waals surface area (Å²) in [6.07, 6.45) is -0.939. The summed E-state index contributed by atoms with van der Waals surface area (Å²) in [4.78, 5) is 30.9. The van der Waals surface area contributed by atoms with Crippen molar-refractivity contribution >= 4 is 28.9 Å². The first-order valence-corrected chi connectivity index (χ1v) is 9.71. The van der Waals surface area contributed by atoms with Crippen molar-refractivity contribution in [2.24, 2.45) is 4.99 Å². The van der Waals surface area contributed by atoms with Crippen molar-refractivity contribution in [3.8, 4) is 0 Å². The van der Waals surface area contributed by atoms with Crippen molar-refractivity contribution < 1.29 is 14.7 Å². The number of Topliss-reactive ketones (excluding diaryl/α,β-unsaturated/α-hetero) is 1. The summed E-state index contributed by atoms with van der Waals surface area (Å²) in [6.45, 7) is 12.2. The Morgan fingerprint density at radius 1 is 1.22 bits per heavy atom. The highest BCUT2D eigenvalue weighted by atomic mass is 32.1. The fourth-order valence-corrected chi connectivity index (χ4v) is 3.94. The van der Waals surface area contributed by atoms with Gasteiger partial charge in [0.25, 0.3) is 0 Å². The predicted molar refractivity (Wildman–Crippen MR) is 108 cm³/mol. The molecule has 2 aromatic rings. The highest BCUT2D eigenvalue weighted by molar-refractivity contribution is 7.11. The molecule has 1 aromatic carbocycles. The van der Waals surface area contributed by atoms with Gasteiger partial charge in [-0.1, -0.05) is 23.5 Å². The Morgan fingerprint density at radius 3 is 2.26 bits per heavy atom. The molecular weight excluding hydrogens is 362 g/mol. The first kappa shape index (κ1) is 20.9. The van der Waals surface area contributed by atoms with Crippen LogP contribution in [-0.2, 0) is 13.1 Å². The predicted octanol–water partition coefficient (Wildman–Crippen LogP) is 4.59. The highest BCUT2D eigenvalue weighted by Crippen LogP contribution is 2.20.